The first kappa shape index (κ1) is 16.7. The van der Waals surface area contributed by atoms with Crippen molar-refractivity contribution in [1.29, 1.82) is 0 Å². The number of nitrogens with one attached hydrogen (secondary N) is 2. The van der Waals surface area contributed by atoms with Crippen molar-refractivity contribution in [3.63, 3.8) is 0 Å². The molecule has 0 aromatic rings. The molecule has 2 unspecified atom stereocenters. The van der Waals surface area contributed by atoms with Crippen LogP contribution in [0.25, 0.3) is 0 Å². The Kier molecular flexibility index (Phi) is 6.02. The van der Waals surface area contributed by atoms with E-state index in [0.717, 1.165) is 58.7 Å². The Hall–Kier alpha value is -0.650. The van der Waals surface area contributed by atoms with Crippen molar-refractivity contribution in [2.45, 2.75) is 51.6 Å². The molecule has 5 heteroatoms. The molecule has 0 saturated carbocycles. The smallest absolute Gasteiger partial charge is 0.240 e. The predicted molar refractivity (Wildman–Crippen MR) is 84.3 cm³/mol. The van der Waals surface area contributed by atoms with E-state index in [1.54, 1.807) is 0 Å². The highest BCUT2D eigenvalue weighted by Crippen LogP contribution is 2.19. The van der Waals surface area contributed by atoms with Gasteiger partial charge in [-0.15, -0.1) is 0 Å². The molecular formula is C16H31N3O2. The van der Waals surface area contributed by atoms with Gasteiger partial charge in [0.2, 0.25) is 5.91 Å². The maximum atomic E-state index is 12.4. The molecule has 2 aliphatic rings. The van der Waals surface area contributed by atoms with Crippen LogP contribution in [0.5, 0.6) is 0 Å². The van der Waals surface area contributed by atoms with Crippen LogP contribution in [0.4, 0.5) is 0 Å². The Morgan fingerprint density at radius 3 is 2.67 bits per heavy atom. The Morgan fingerprint density at radius 2 is 2.10 bits per heavy atom. The van der Waals surface area contributed by atoms with Gasteiger partial charge in [0.05, 0.1) is 18.8 Å². The second kappa shape index (κ2) is 7.56. The van der Waals surface area contributed by atoms with E-state index in [0.29, 0.717) is 12.0 Å². The zero-order chi connectivity index (χ0) is 15.3. The molecule has 122 valence electrons. The number of carbonyl (C=O) groups is 1. The highest BCUT2D eigenvalue weighted by molar-refractivity contribution is 5.86. The molecule has 2 saturated heterocycles. The van der Waals surface area contributed by atoms with Crippen LogP contribution in [0.1, 0.15) is 40.0 Å². The molecule has 2 heterocycles. The number of morpholine rings is 1. The third-order valence-corrected chi connectivity index (χ3v) is 4.67. The second-order valence-corrected chi connectivity index (χ2v) is 7.00. The van der Waals surface area contributed by atoms with Gasteiger partial charge in [-0.25, -0.2) is 0 Å². The number of hydrogen-bond acceptors (Lipinski definition) is 4. The van der Waals surface area contributed by atoms with E-state index in [1.807, 2.05) is 6.92 Å². The van der Waals surface area contributed by atoms with Gasteiger partial charge in [-0.2, -0.15) is 0 Å². The van der Waals surface area contributed by atoms with E-state index in [2.05, 4.69) is 29.4 Å². The molecule has 21 heavy (non-hydrogen) atoms. The lowest BCUT2D eigenvalue weighted by molar-refractivity contribution is -0.126. The molecule has 2 N–H and O–H groups in total. The number of rotatable bonds is 6. The zero-order valence-corrected chi connectivity index (χ0v) is 13.8. The van der Waals surface area contributed by atoms with E-state index < -0.39 is 0 Å². The Balaban J connectivity index is 1.87. The third kappa shape index (κ3) is 4.66. The van der Waals surface area contributed by atoms with E-state index in [4.69, 9.17) is 4.74 Å². The Bertz CT molecular complexity index is 334. The fourth-order valence-corrected chi connectivity index (χ4v) is 3.34. The molecule has 2 atom stereocenters. The molecule has 0 aliphatic carbocycles. The molecule has 0 spiro atoms. The fraction of sp³-hybridized carbons (Fsp3) is 0.938. The van der Waals surface area contributed by atoms with Crippen LogP contribution in [-0.4, -0.2) is 61.8 Å². The van der Waals surface area contributed by atoms with Crippen molar-refractivity contribution in [3.05, 3.63) is 0 Å². The van der Waals surface area contributed by atoms with Crippen molar-refractivity contribution in [2.75, 3.05) is 39.4 Å². The average Bonchev–Trinajstić information content (AvgIpc) is 2.92. The highest BCUT2D eigenvalue weighted by Gasteiger charge is 2.36. The lowest BCUT2D eigenvalue weighted by atomic mass is 9.98. The number of ether oxygens (including phenoxy) is 1. The molecule has 2 fully saturated rings. The second-order valence-electron chi connectivity index (χ2n) is 7.00. The van der Waals surface area contributed by atoms with Gasteiger partial charge < -0.3 is 15.4 Å². The first-order chi connectivity index (χ1) is 10.0. The predicted octanol–water partition coefficient (Wildman–Crippen LogP) is 0.992. The lowest BCUT2D eigenvalue weighted by Crippen LogP contribution is -2.55. The van der Waals surface area contributed by atoms with Gasteiger partial charge in [-0.05, 0) is 38.6 Å². The molecule has 0 bridgehead atoms. The van der Waals surface area contributed by atoms with E-state index in [9.17, 15) is 4.79 Å². The van der Waals surface area contributed by atoms with Crippen LogP contribution in [0.3, 0.4) is 0 Å². The zero-order valence-electron chi connectivity index (χ0n) is 13.8. The lowest BCUT2D eigenvalue weighted by Gasteiger charge is -2.36. The van der Waals surface area contributed by atoms with Crippen molar-refractivity contribution in [3.8, 4) is 0 Å². The first-order valence-electron chi connectivity index (χ1n) is 8.36. The van der Waals surface area contributed by atoms with E-state index >= 15 is 0 Å². The van der Waals surface area contributed by atoms with Crippen molar-refractivity contribution < 1.29 is 9.53 Å². The van der Waals surface area contributed by atoms with Gasteiger partial charge in [0.25, 0.3) is 0 Å². The third-order valence-electron chi connectivity index (χ3n) is 4.67. The summed E-state index contributed by atoms with van der Waals surface area (Å²) in [5.74, 6) is 0.789. The highest BCUT2D eigenvalue weighted by atomic mass is 16.5. The summed E-state index contributed by atoms with van der Waals surface area (Å²) in [6.45, 7) is 11.8. The Morgan fingerprint density at radius 1 is 1.38 bits per heavy atom. The van der Waals surface area contributed by atoms with Crippen LogP contribution in [-0.2, 0) is 9.53 Å². The summed E-state index contributed by atoms with van der Waals surface area (Å²) >= 11 is 0. The van der Waals surface area contributed by atoms with Crippen molar-refractivity contribution >= 4 is 5.91 Å². The standard InChI is InChI=1S/C16H31N3O2/c1-13(2)11-14(19-7-9-21-10-8-19)12-17-15(20)16(3)5-4-6-18-16/h13-14,18H,4-12H2,1-3H3,(H,17,20). The SMILES string of the molecule is CC(C)CC(CNC(=O)C1(C)CCCN1)N1CCOCC1. The van der Waals surface area contributed by atoms with Gasteiger partial charge in [0, 0.05) is 25.7 Å². The van der Waals surface area contributed by atoms with Crippen LogP contribution in [0.15, 0.2) is 0 Å². The summed E-state index contributed by atoms with van der Waals surface area (Å²) in [7, 11) is 0. The molecule has 2 rings (SSSR count). The van der Waals surface area contributed by atoms with Crippen molar-refractivity contribution in [1.82, 2.24) is 15.5 Å². The van der Waals surface area contributed by atoms with Crippen molar-refractivity contribution in [2.24, 2.45) is 5.92 Å². The van der Waals surface area contributed by atoms with Crippen LogP contribution >= 0.6 is 0 Å². The monoisotopic (exact) mass is 297 g/mol. The van der Waals surface area contributed by atoms with Gasteiger partial charge >= 0.3 is 0 Å². The molecule has 1 amide bonds. The summed E-state index contributed by atoms with van der Waals surface area (Å²) in [6, 6.07) is 0.419. The quantitative estimate of drug-likeness (QED) is 0.768. The summed E-state index contributed by atoms with van der Waals surface area (Å²) in [6.07, 6.45) is 3.14. The van der Waals surface area contributed by atoms with Gasteiger partial charge in [0.1, 0.15) is 0 Å². The van der Waals surface area contributed by atoms with Crippen LogP contribution < -0.4 is 10.6 Å². The maximum Gasteiger partial charge on any atom is 0.240 e. The van der Waals surface area contributed by atoms with Gasteiger partial charge in [0.15, 0.2) is 0 Å². The van der Waals surface area contributed by atoms with E-state index in [1.165, 1.54) is 0 Å². The van der Waals surface area contributed by atoms with Gasteiger partial charge in [-0.1, -0.05) is 13.8 Å². The van der Waals surface area contributed by atoms with Crippen LogP contribution in [0, 0.1) is 5.92 Å². The summed E-state index contributed by atoms with van der Waals surface area (Å²) in [5, 5.41) is 6.52. The normalized spacial score (nSPS) is 28.8. The molecule has 0 aromatic carbocycles. The first-order valence-corrected chi connectivity index (χ1v) is 8.36. The summed E-state index contributed by atoms with van der Waals surface area (Å²) in [5.41, 5.74) is -0.368. The summed E-state index contributed by atoms with van der Waals surface area (Å²) in [4.78, 5) is 14.9. The average molecular weight is 297 g/mol. The van der Waals surface area contributed by atoms with Crippen LogP contribution in [0.2, 0.25) is 0 Å². The number of carbonyl (C=O) groups excluding carboxylic acids is 1. The fourth-order valence-electron chi connectivity index (χ4n) is 3.34. The number of hydrogen-bond donors (Lipinski definition) is 2. The van der Waals surface area contributed by atoms with Gasteiger partial charge in [-0.3, -0.25) is 9.69 Å². The molecule has 2 aliphatic heterocycles. The number of amides is 1. The Labute approximate surface area is 128 Å². The molecule has 0 radical (unpaired) electrons. The summed E-state index contributed by atoms with van der Waals surface area (Å²) < 4.78 is 5.44. The minimum atomic E-state index is -0.368. The maximum absolute atomic E-state index is 12.4. The largest absolute Gasteiger partial charge is 0.379 e. The topological polar surface area (TPSA) is 53.6 Å². The minimum Gasteiger partial charge on any atom is -0.379 e. The minimum absolute atomic E-state index is 0.155. The number of nitrogens with zero attached hydrogens (tertiary/aromatic N) is 1. The molecule has 0 aromatic heterocycles. The van der Waals surface area contributed by atoms with E-state index in [-0.39, 0.29) is 11.4 Å². The molecule has 5 nitrogen and oxygen atoms in total. The molecular weight excluding hydrogens is 266 g/mol.